The number of nitrogens with one attached hydrogen (secondary N) is 1. The molecule has 8 nitrogen and oxygen atoms in total. The quantitative estimate of drug-likeness (QED) is 0.545. The van der Waals surface area contributed by atoms with Gasteiger partial charge < -0.3 is 19.5 Å². The lowest BCUT2D eigenvalue weighted by molar-refractivity contribution is -0.116. The van der Waals surface area contributed by atoms with E-state index in [0.29, 0.717) is 25.5 Å². The van der Waals surface area contributed by atoms with Crippen LogP contribution in [0.2, 0.25) is 0 Å². The summed E-state index contributed by atoms with van der Waals surface area (Å²) in [5.41, 5.74) is 3.23. The van der Waals surface area contributed by atoms with Gasteiger partial charge in [0.05, 0.1) is 37.6 Å². The predicted molar refractivity (Wildman–Crippen MR) is 120 cm³/mol. The van der Waals surface area contributed by atoms with Crippen LogP contribution in [0.3, 0.4) is 0 Å². The molecule has 1 unspecified atom stereocenters. The Morgan fingerprint density at radius 2 is 1.94 bits per heavy atom. The molecule has 1 N–H and O–H groups in total. The van der Waals surface area contributed by atoms with Crippen LogP contribution in [0.15, 0.2) is 48.8 Å². The van der Waals surface area contributed by atoms with Gasteiger partial charge in [-0.25, -0.2) is 9.97 Å². The Morgan fingerprint density at radius 1 is 1.06 bits per heavy atom. The molecule has 2 aliphatic heterocycles. The van der Waals surface area contributed by atoms with Gasteiger partial charge in [-0.3, -0.25) is 9.69 Å². The minimum absolute atomic E-state index is 0.0687. The van der Waals surface area contributed by atoms with E-state index in [1.807, 2.05) is 42.5 Å². The third-order valence-electron chi connectivity index (χ3n) is 5.86. The molecular weight excluding hydrogens is 408 g/mol. The van der Waals surface area contributed by atoms with Gasteiger partial charge in [-0.15, -0.1) is 0 Å². The van der Waals surface area contributed by atoms with Crippen molar-refractivity contribution in [3.63, 3.8) is 0 Å². The molecule has 1 fully saturated rings. The molecule has 1 saturated heterocycles. The third kappa shape index (κ3) is 4.43. The zero-order chi connectivity index (χ0) is 21.8. The van der Waals surface area contributed by atoms with E-state index >= 15 is 0 Å². The predicted octanol–water partition coefficient (Wildman–Crippen LogP) is 2.44. The second-order valence-electron chi connectivity index (χ2n) is 7.86. The smallest absolute Gasteiger partial charge is 0.238 e. The molecule has 32 heavy (non-hydrogen) atoms. The first-order chi connectivity index (χ1) is 15.8. The number of amides is 1. The third-order valence-corrected chi connectivity index (χ3v) is 5.86. The zero-order valence-electron chi connectivity index (χ0n) is 17.8. The van der Waals surface area contributed by atoms with E-state index in [2.05, 4.69) is 20.2 Å². The van der Waals surface area contributed by atoms with E-state index in [-0.39, 0.29) is 5.91 Å². The summed E-state index contributed by atoms with van der Waals surface area (Å²) in [5.74, 6) is 0.208. The Balaban J connectivity index is 1.20. The van der Waals surface area contributed by atoms with Crippen LogP contribution < -0.4 is 10.1 Å². The maximum Gasteiger partial charge on any atom is 0.238 e. The second-order valence-corrected chi connectivity index (χ2v) is 7.86. The van der Waals surface area contributed by atoms with Crippen molar-refractivity contribution in [2.75, 3.05) is 58.0 Å². The van der Waals surface area contributed by atoms with Crippen molar-refractivity contribution in [2.45, 2.75) is 5.92 Å². The van der Waals surface area contributed by atoms with Crippen molar-refractivity contribution in [1.82, 2.24) is 14.9 Å². The standard InChI is InChI=1S/C24H26N4O4/c29-24-22(18-3-1-2-4-20(18)27-24)23-19-6-5-17(15-21(19)25-16-26-23)32-14-13-31-12-9-28-7-10-30-11-8-28/h1-6,15-16,22H,7-14H2,(H,27,29). The number of morpholine rings is 1. The molecule has 0 spiro atoms. The maximum absolute atomic E-state index is 12.7. The molecule has 3 heterocycles. The lowest BCUT2D eigenvalue weighted by Gasteiger charge is -2.26. The number of para-hydroxylation sites is 1. The molecule has 0 aliphatic carbocycles. The van der Waals surface area contributed by atoms with Gasteiger partial charge in [0, 0.05) is 36.8 Å². The molecule has 1 amide bonds. The van der Waals surface area contributed by atoms with Crippen LogP contribution in [-0.4, -0.2) is 73.4 Å². The number of fused-ring (bicyclic) bond motifs is 2. The lowest BCUT2D eigenvalue weighted by Crippen LogP contribution is -2.38. The molecule has 0 saturated carbocycles. The van der Waals surface area contributed by atoms with Crippen molar-refractivity contribution >= 4 is 22.5 Å². The first kappa shape index (κ1) is 20.8. The average molecular weight is 434 g/mol. The minimum Gasteiger partial charge on any atom is -0.491 e. The molecule has 2 aliphatic rings. The van der Waals surface area contributed by atoms with Crippen LogP contribution >= 0.6 is 0 Å². The van der Waals surface area contributed by atoms with E-state index in [0.717, 1.165) is 60.8 Å². The fourth-order valence-electron chi connectivity index (χ4n) is 4.20. The fourth-order valence-corrected chi connectivity index (χ4v) is 4.20. The molecule has 1 atom stereocenters. The molecule has 3 aromatic rings. The second kappa shape index (κ2) is 9.60. The molecule has 2 aromatic carbocycles. The molecule has 166 valence electrons. The molecule has 1 aromatic heterocycles. The number of aromatic nitrogens is 2. The normalized spacial score (nSPS) is 18.5. The highest BCUT2D eigenvalue weighted by Gasteiger charge is 2.33. The number of hydrogen-bond acceptors (Lipinski definition) is 7. The molecule has 0 bridgehead atoms. The highest BCUT2D eigenvalue weighted by Crippen LogP contribution is 2.38. The molecule has 5 rings (SSSR count). The summed E-state index contributed by atoms with van der Waals surface area (Å²) >= 11 is 0. The van der Waals surface area contributed by atoms with Crippen molar-refractivity contribution < 1.29 is 19.0 Å². The van der Waals surface area contributed by atoms with E-state index in [1.165, 1.54) is 6.33 Å². The van der Waals surface area contributed by atoms with E-state index < -0.39 is 5.92 Å². The van der Waals surface area contributed by atoms with E-state index in [9.17, 15) is 4.79 Å². The fraction of sp³-hybridized carbons (Fsp3) is 0.375. The Labute approximate surface area is 186 Å². The number of nitrogens with zero attached hydrogens (tertiary/aromatic N) is 3. The van der Waals surface area contributed by atoms with Gasteiger partial charge in [0.2, 0.25) is 5.91 Å². The zero-order valence-corrected chi connectivity index (χ0v) is 17.8. The highest BCUT2D eigenvalue weighted by atomic mass is 16.5. The average Bonchev–Trinajstić information content (AvgIpc) is 3.17. The van der Waals surface area contributed by atoms with Crippen LogP contribution in [0.4, 0.5) is 5.69 Å². The SMILES string of the molecule is O=C1Nc2ccccc2C1c1ncnc2cc(OCCOCCN3CCOCC3)ccc12. The Bertz CT molecular complexity index is 1100. The number of carbonyl (C=O) groups is 1. The van der Waals surface area contributed by atoms with Gasteiger partial charge in [0.1, 0.15) is 24.6 Å². The molecule has 8 heteroatoms. The summed E-state index contributed by atoms with van der Waals surface area (Å²) in [6, 6.07) is 13.4. The number of benzene rings is 2. The van der Waals surface area contributed by atoms with Gasteiger partial charge >= 0.3 is 0 Å². The molecule has 0 radical (unpaired) electrons. The number of ether oxygens (including phenoxy) is 3. The first-order valence-electron chi connectivity index (χ1n) is 10.9. The number of rotatable bonds is 8. The monoisotopic (exact) mass is 434 g/mol. The topological polar surface area (TPSA) is 85.8 Å². The first-order valence-corrected chi connectivity index (χ1v) is 10.9. The van der Waals surface area contributed by atoms with Crippen molar-refractivity contribution in [2.24, 2.45) is 0 Å². The summed E-state index contributed by atoms with van der Waals surface area (Å²) in [6.45, 7) is 6.12. The minimum atomic E-state index is -0.441. The Kier molecular flexibility index (Phi) is 6.24. The van der Waals surface area contributed by atoms with Crippen molar-refractivity contribution in [3.8, 4) is 5.75 Å². The van der Waals surface area contributed by atoms with Gasteiger partial charge in [0.15, 0.2) is 0 Å². The van der Waals surface area contributed by atoms with Crippen LogP contribution in [0.5, 0.6) is 5.75 Å². The Hall–Kier alpha value is -3.07. The van der Waals surface area contributed by atoms with E-state index in [1.54, 1.807) is 0 Å². The van der Waals surface area contributed by atoms with Crippen molar-refractivity contribution in [1.29, 1.82) is 0 Å². The number of anilines is 1. The number of hydrogen-bond donors (Lipinski definition) is 1. The lowest BCUT2D eigenvalue weighted by atomic mass is 9.94. The summed E-state index contributed by atoms with van der Waals surface area (Å²) < 4.78 is 16.9. The van der Waals surface area contributed by atoms with Crippen molar-refractivity contribution in [3.05, 3.63) is 60.0 Å². The van der Waals surface area contributed by atoms with Crippen LogP contribution in [-0.2, 0) is 14.3 Å². The van der Waals surface area contributed by atoms with Gasteiger partial charge in [-0.1, -0.05) is 18.2 Å². The summed E-state index contributed by atoms with van der Waals surface area (Å²) in [6.07, 6.45) is 1.50. The number of carbonyl (C=O) groups excluding carboxylic acids is 1. The van der Waals surface area contributed by atoms with Gasteiger partial charge in [0.25, 0.3) is 0 Å². The summed E-state index contributed by atoms with van der Waals surface area (Å²) in [7, 11) is 0. The van der Waals surface area contributed by atoms with Crippen LogP contribution in [0, 0.1) is 0 Å². The van der Waals surface area contributed by atoms with Gasteiger partial charge in [-0.2, -0.15) is 0 Å². The van der Waals surface area contributed by atoms with Crippen LogP contribution in [0.25, 0.3) is 10.9 Å². The Morgan fingerprint density at radius 3 is 2.84 bits per heavy atom. The summed E-state index contributed by atoms with van der Waals surface area (Å²) in [4.78, 5) is 23.8. The largest absolute Gasteiger partial charge is 0.491 e. The summed E-state index contributed by atoms with van der Waals surface area (Å²) in [5, 5.41) is 3.79. The molecular formula is C24H26N4O4. The maximum atomic E-state index is 12.7. The highest BCUT2D eigenvalue weighted by molar-refractivity contribution is 6.06. The van der Waals surface area contributed by atoms with Gasteiger partial charge in [-0.05, 0) is 23.8 Å². The van der Waals surface area contributed by atoms with E-state index in [4.69, 9.17) is 14.2 Å². The van der Waals surface area contributed by atoms with Crippen LogP contribution in [0.1, 0.15) is 17.2 Å².